The van der Waals surface area contributed by atoms with E-state index in [2.05, 4.69) is 25.9 Å². The standard InChI is InChI=1S/C21H29N5O/c1-15(22-2)19(20(27)16-8-4-3-5-9-16)18-11-13-24-21(26-18)25-14-17-10-6-7-12-23-17/h3-5,8,11-13,16-17,21,24-26H,6-7,9-10,14H2,1-2H3. The van der Waals surface area contributed by atoms with Gasteiger partial charge in [-0.3, -0.25) is 20.1 Å². The zero-order valence-electron chi connectivity index (χ0n) is 16.1. The minimum Gasteiger partial charge on any atom is -0.359 e. The molecule has 0 aromatic heterocycles. The van der Waals surface area contributed by atoms with Crippen LogP contribution in [0, 0.1) is 5.92 Å². The predicted octanol–water partition coefficient (Wildman–Crippen LogP) is 2.24. The molecule has 0 saturated carbocycles. The summed E-state index contributed by atoms with van der Waals surface area (Å²) in [4.78, 5) is 22.0. The number of allylic oxidation sites excluding steroid dienone is 6. The molecular weight excluding hydrogens is 338 g/mol. The lowest BCUT2D eigenvalue weighted by atomic mass is 9.88. The second kappa shape index (κ2) is 9.46. The van der Waals surface area contributed by atoms with Crippen molar-refractivity contribution in [1.82, 2.24) is 16.0 Å². The molecule has 0 spiro atoms. The van der Waals surface area contributed by atoms with Crippen molar-refractivity contribution in [2.75, 3.05) is 13.6 Å². The van der Waals surface area contributed by atoms with Crippen LogP contribution in [-0.2, 0) is 4.79 Å². The van der Waals surface area contributed by atoms with Crippen LogP contribution in [0.25, 0.3) is 0 Å². The quantitative estimate of drug-likeness (QED) is 0.497. The number of hydrogen-bond acceptors (Lipinski definition) is 6. The topological polar surface area (TPSA) is 77.9 Å². The largest absolute Gasteiger partial charge is 0.359 e. The fraction of sp³-hybridized carbons (Fsp3) is 0.476. The number of carbonyl (C=O) groups is 1. The van der Waals surface area contributed by atoms with Gasteiger partial charge in [-0.2, -0.15) is 0 Å². The van der Waals surface area contributed by atoms with Crippen LogP contribution in [0.1, 0.15) is 32.6 Å². The van der Waals surface area contributed by atoms with Crippen molar-refractivity contribution < 1.29 is 4.79 Å². The van der Waals surface area contributed by atoms with E-state index in [0.29, 0.717) is 11.6 Å². The van der Waals surface area contributed by atoms with Crippen molar-refractivity contribution in [3.63, 3.8) is 0 Å². The van der Waals surface area contributed by atoms with Crippen LogP contribution in [0.5, 0.6) is 0 Å². The van der Waals surface area contributed by atoms with Gasteiger partial charge in [0.15, 0.2) is 12.1 Å². The Bertz CT molecular complexity index is 729. The first-order chi connectivity index (χ1) is 13.2. The molecule has 0 aromatic carbocycles. The average molecular weight is 367 g/mol. The average Bonchev–Trinajstić information content (AvgIpc) is 2.74. The molecule has 0 saturated heterocycles. The smallest absolute Gasteiger partial charge is 0.173 e. The number of nitrogens with zero attached hydrogens (tertiary/aromatic N) is 2. The maximum absolute atomic E-state index is 13.2. The number of rotatable bonds is 6. The van der Waals surface area contributed by atoms with Crippen LogP contribution >= 0.6 is 0 Å². The van der Waals surface area contributed by atoms with E-state index in [1.54, 1.807) is 7.05 Å². The van der Waals surface area contributed by atoms with Crippen molar-refractivity contribution in [2.45, 2.75) is 44.9 Å². The first kappa shape index (κ1) is 19.3. The molecular formula is C21H29N5O. The fourth-order valence-corrected chi connectivity index (χ4v) is 3.47. The van der Waals surface area contributed by atoms with Crippen molar-refractivity contribution in [1.29, 1.82) is 0 Å². The monoisotopic (exact) mass is 367 g/mol. The van der Waals surface area contributed by atoms with Crippen molar-refractivity contribution >= 4 is 17.7 Å². The molecule has 3 N–H and O–H groups in total. The Morgan fingerprint density at radius 2 is 2.30 bits per heavy atom. The minimum atomic E-state index is -0.142. The summed E-state index contributed by atoms with van der Waals surface area (Å²) in [5.74, 6) is -0.0364. The molecule has 6 heteroatoms. The first-order valence-corrected chi connectivity index (χ1v) is 9.68. The van der Waals surface area contributed by atoms with Gasteiger partial charge in [0.1, 0.15) is 0 Å². The van der Waals surface area contributed by atoms with Crippen LogP contribution in [0.4, 0.5) is 0 Å². The van der Waals surface area contributed by atoms with Crippen molar-refractivity contribution in [3.8, 4) is 0 Å². The lowest BCUT2D eigenvalue weighted by molar-refractivity contribution is -0.117. The number of aliphatic imine (C=N–C) groups is 2. The van der Waals surface area contributed by atoms with Gasteiger partial charge < -0.3 is 10.6 Å². The Balaban J connectivity index is 1.73. The molecule has 1 aliphatic carbocycles. The third-order valence-electron chi connectivity index (χ3n) is 5.09. The SMILES string of the molecule is CN=C(C)C(C(=O)C1C=CC=CC1)=C1C=CNC(NCC2CCCC=N2)N1. The number of Topliss-reactive ketones (excluding diaryl/α,β-unsaturated/α-hetero) is 1. The Labute approximate surface area is 161 Å². The van der Waals surface area contributed by atoms with Gasteiger partial charge in [0, 0.05) is 31.4 Å². The molecule has 0 bridgehead atoms. The molecule has 0 fully saturated rings. The van der Waals surface area contributed by atoms with Gasteiger partial charge in [0.25, 0.3) is 0 Å². The van der Waals surface area contributed by atoms with E-state index in [1.165, 1.54) is 6.42 Å². The third kappa shape index (κ3) is 5.04. The Kier molecular flexibility index (Phi) is 6.76. The van der Waals surface area contributed by atoms with E-state index in [0.717, 1.165) is 37.2 Å². The van der Waals surface area contributed by atoms with E-state index < -0.39 is 0 Å². The molecule has 3 atom stereocenters. The number of nitrogens with one attached hydrogen (secondary N) is 3. The van der Waals surface area contributed by atoms with Crippen LogP contribution in [-0.4, -0.2) is 43.6 Å². The van der Waals surface area contributed by atoms with E-state index in [9.17, 15) is 4.79 Å². The lowest BCUT2D eigenvalue weighted by Crippen LogP contribution is -2.54. The summed E-state index contributed by atoms with van der Waals surface area (Å²) in [6.45, 7) is 2.68. The van der Waals surface area contributed by atoms with E-state index in [1.807, 2.05) is 49.7 Å². The van der Waals surface area contributed by atoms with E-state index in [4.69, 9.17) is 0 Å². The van der Waals surface area contributed by atoms with Gasteiger partial charge in [-0.15, -0.1) is 0 Å². The van der Waals surface area contributed by atoms with E-state index >= 15 is 0 Å². The van der Waals surface area contributed by atoms with Crippen LogP contribution in [0.2, 0.25) is 0 Å². The van der Waals surface area contributed by atoms with Gasteiger partial charge >= 0.3 is 0 Å². The molecule has 0 radical (unpaired) electrons. The number of hydrogen-bond donors (Lipinski definition) is 3. The Morgan fingerprint density at radius 1 is 1.41 bits per heavy atom. The fourth-order valence-electron chi connectivity index (χ4n) is 3.47. The Hall–Kier alpha value is -2.47. The highest BCUT2D eigenvalue weighted by molar-refractivity contribution is 6.23. The number of carbonyl (C=O) groups excluding carboxylic acids is 1. The summed E-state index contributed by atoms with van der Waals surface area (Å²) < 4.78 is 0. The van der Waals surface area contributed by atoms with Crippen LogP contribution < -0.4 is 16.0 Å². The summed E-state index contributed by atoms with van der Waals surface area (Å²) in [7, 11) is 1.72. The molecule has 2 aliphatic heterocycles. The molecule has 0 amide bonds. The molecule has 2 heterocycles. The summed E-state index contributed by atoms with van der Waals surface area (Å²) >= 11 is 0. The molecule has 3 rings (SSSR count). The molecule has 27 heavy (non-hydrogen) atoms. The number of ketones is 1. The highest BCUT2D eigenvalue weighted by Gasteiger charge is 2.26. The van der Waals surface area contributed by atoms with E-state index in [-0.39, 0.29) is 18.0 Å². The van der Waals surface area contributed by atoms with Gasteiger partial charge in [-0.1, -0.05) is 24.3 Å². The van der Waals surface area contributed by atoms with Crippen molar-refractivity contribution in [2.24, 2.45) is 15.9 Å². The third-order valence-corrected chi connectivity index (χ3v) is 5.09. The molecule has 6 nitrogen and oxygen atoms in total. The minimum absolute atomic E-state index is 0.100. The predicted molar refractivity (Wildman–Crippen MR) is 111 cm³/mol. The zero-order chi connectivity index (χ0) is 19.1. The highest BCUT2D eigenvalue weighted by Crippen LogP contribution is 2.21. The molecule has 3 unspecified atom stereocenters. The second-order valence-electron chi connectivity index (χ2n) is 7.02. The van der Waals surface area contributed by atoms with Crippen LogP contribution in [0.3, 0.4) is 0 Å². The summed E-state index contributed by atoms with van der Waals surface area (Å²) in [5.41, 5.74) is 2.20. The first-order valence-electron chi connectivity index (χ1n) is 9.68. The second-order valence-corrected chi connectivity index (χ2v) is 7.02. The van der Waals surface area contributed by atoms with Gasteiger partial charge in [0.05, 0.1) is 17.3 Å². The molecule has 0 aromatic rings. The highest BCUT2D eigenvalue weighted by atomic mass is 16.1. The van der Waals surface area contributed by atoms with Crippen LogP contribution in [0.15, 0.2) is 57.8 Å². The van der Waals surface area contributed by atoms with Gasteiger partial charge in [0.2, 0.25) is 0 Å². The maximum Gasteiger partial charge on any atom is 0.173 e. The van der Waals surface area contributed by atoms with Gasteiger partial charge in [-0.25, -0.2) is 0 Å². The lowest BCUT2D eigenvalue weighted by Gasteiger charge is -2.29. The van der Waals surface area contributed by atoms with Gasteiger partial charge in [-0.05, 0) is 44.9 Å². The van der Waals surface area contributed by atoms with Crippen molar-refractivity contribution in [3.05, 3.63) is 47.9 Å². The maximum atomic E-state index is 13.2. The summed E-state index contributed by atoms with van der Waals surface area (Å²) in [5, 5.41) is 10.1. The Morgan fingerprint density at radius 3 is 3.00 bits per heavy atom. The molecule has 144 valence electrons. The molecule has 3 aliphatic rings. The summed E-state index contributed by atoms with van der Waals surface area (Å²) in [6.07, 6.45) is 17.7. The summed E-state index contributed by atoms with van der Waals surface area (Å²) in [6, 6.07) is 0.319. The zero-order valence-corrected chi connectivity index (χ0v) is 16.1. The normalized spacial score (nSPS) is 29.3.